The van der Waals surface area contributed by atoms with Crippen LogP contribution in [0.2, 0.25) is 0 Å². The van der Waals surface area contributed by atoms with Crippen LogP contribution in [-0.2, 0) is 4.74 Å². The van der Waals surface area contributed by atoms with Gasteiger partial charge in [0.05, 0.1) is 28.5 Å². The molecule has 0 fully saturated rings. The lowest BCUT2D eigenvalue weighted by Crippen LogP contribution is -2.37. The first-order valence-electron chi connectivity index (χ1n) is 8.60. The van der Waals surface area contributed by atoms with Crippen molar-refractivity contribution in [3.05, 3.63) is 59.4 Å². The topological polar surface area (TPSA) is 62.7 Å². The number of esters is 1. The van der Waals surface area contributed by atoms with Gasteiger partial charge >= 0.3 is 5.97 Å². The highest BCUT2D eigenvalue weighted by Gasteiger charge is 2.25. The van der Waals surface area contributed by atoms with Crippen molar-refractivity contribution in [2.24, 2.45) is 0 Å². The van der Waals surface area contributed by atoms with Crippen LogP contribution >= 0.6 is 23.7 Å². The first kappa shape index (κ1) is 22.7. The van der Waals surface area contributed by atoms with Crippen LogP contribution in [0.25, 0.3) is 10.2 Å². The maximum absolute atomic E-state index is 13.5. The number of thiazole rings is 1. The number of carbonyl (C=O) groups excluding carboxylic acids is 2. The Morgan fingerprint density at radius 3 is 2.45 bits per heavy atom. The fourth-order valence-corrected chi connectivity index (χ4v) is 3.70. The highest BCUT2D eigenvalue weighted by molar-refractivity contribution is 7.22. The van der Waals surface area contributed by atoms with Crippen molar-refractivity contribution < 1.29 is 18.7 Å². The number of carbonyl (C=O) groups is 2. The number of hydrogen-bond donors (Lipinski definition) is 0. The Morgan fingerprint density at radius 1 is 1.10 bits per heavy atom. The van der Waals surface area contributed by atoms with Crippen molar-refractivity contribution >= 4 is 51.0 Å². The molecule has 1 heterocycles. The number of benzene rings is 2. The number of hydrogen-bond acceptors (Lipinski definition) is 6. The van der Waals surface area contributed by atoms with E-state index in [1.807, 2.05) is 19.0 Å². The van der Waals surface area contributed by atoms with E-state index in [2.05, 4.69) is 4.98 Å². The molecule has 0 N–H and O–H groups in total. The monoisotopic (exact) mass is 437 g/mol. The van der Waals surface area contributed by atoms with Crippen LogP contribution in [0, 0.1) is 5.82 Å². The summed E-state index contributed by atoms with van der Waals surface area (Å²) in [5.41, 5.74) is 1.04. The molecule has 9 heteroatoms. The number of amides is 1. The van der Waals surface area contributed by atoms with Gasteiger partial charge in [0, 0.05) is 13.1 Å². The van der Waals surface area contributed by atoms with Gasteiger partial charge in [0.25, 0.3) is 5.91 Å². The summed E-state index contributed by atoms with van der Waals surface area (Å²) in [5.74, 6) is -1.30. The van der Waals surface area contributed by atoms with Gasteiger partial charge in [-0.25, -0.2) is 14.2 Å². The van der Waals surface area contributed by atoms with E-state index >= 15 is 0 Å². The molecule has 0 spiro atoms. The van der Waals surface area contributed by atoms with E-state index in [1.54, 1.807) is 30.3 Å². The number of aromatic nitrogens is 1. The van der Waals surface area contributed by atoms with E-state index in [4.69, 9.17) is 4.74 Å². The number of nitrogens with zero attached hydrogens (tertiary/aromatic N) is 3. The molecule has 0 radical (unpaired) electrons. The molecular formula is C20H21ClFN3O3S. The van der Waals surface area contributed by atoms with Crippen molar-refractivity contribution in [1.29, 1.82) is 0 Å². The molecule has 154 valence electrons. The van der Waals surface area contributed by atoms with Crippen molar-refractivity contribution in [1.82, 2.24) is 9.88 Å². The van der Waals surface area contributed by atoms with Gasteiger partial charge in [-0.05, 0) is 44.4 Å². The molecule has 3 rings (SSSR count). The number of anilines is 1. The zero-order valence-electron chi connectivity index (χ0n) is 16.2. The maximum Gasteiger partial charge on any atom is 0.338 e. The van der Waals surface area contributed by atoms with Crippen LogP contribution in [0.15, 0.2) is 42.5 Å². The van der Waals surface area contributed by atoms with E-state index in [0.29, 0.717) is 28.4 Å². The summed E-state index contributed by atoms with van der Waals surface area (Å²) in [6.45, 7) is 0.958. The van der Waals surface area contributed by atoms with Gasteiger partial charge < -0.3 is 9.64 Å². The van der Waals surface area contributed by atoms with E-state index in [0.717, 1.165) is 0 Å². The predicted octanol–water partition coefficient (Wildman–Crippen LogP) is 3.85. The summed E-state index contributed by atoms with van der Waals surface area (Å²) in [5, 5.41) is 0.451. The van der Waals surface area contributed by atoms with Crippen molar-refractivity contribution in [2.75, 3.05) is 39.2 Å². The Morgan fingerprint density at radius 2 is 1.79 bits per heavy atom. The van der Waals surface area contributed by atoms with Gasteiger partial charge in [-0.1, -0.05) is 23.5 Å². The lowest BCUT2D eigenvalue weighted by molar-refractivity contribution is 0.0597. The Bertz CT molecular complexity index is 1030. The van der Waals surface area contributed by atoms with Gasteiger partial charge in [0.2, 0.25) is 0 Å². The fourth-order valence-electron chi connectivity index (χ4n) is 2.69. The zero-order valence-corrected chi connectivity index (χ0v) is 17.8. The molecule has 0 saturated heterocycles. The second-order valence-corrected chi connectivity index (χ2v) is 7.41. The van der Waals surface area contributed by atoms with Crippen LogP contribution in [0.1, 0.15) is 20.7 Å². The predicted molar refractivity (Wildman–Crippen MR) is 115 cm³/mol. The molecule has 29 heavy (non-hydrogen) atoms. The van der Waals surface area contributed by atoms with Gasteiger partial charge in [-0.3, -0.25) is 9.69 Å². The Hall–Kier alpha value is -2.55. The molecule has 3 aromatic rings. The van der Waals surface area contributed by atoms with Crippen LogP contribution in [-0.4, -0.2) is 56.1 Å². The maximum atomic E-state index is 13.5. The van der Waals surface area contributed by atoms with Crippen molar-refractivity contribution in [2.45, 2.75) is 0 Å². The van der Waals surface area contributed by atoms with Crippen molar-refractivity contribution in [3.63, 3.8) is 0 Å². The average molecular weight is 438 g/mol. The molecule has 1 amide bonds. The molecule has 0 unspecified atom stereocenters. The smallest absolute Gasteiger partial charge is 0.338 e. The van der Waals surface area contributed by atoms with Crippen LogP contribution in [0.3, 0.4) is 0 Å². The standard InChI is InChI=1S/C20H20FN3O3S.ClH/c1-23(2)10-11-24(20-22-16-9-8-13(21)12-17(16)28-20)18(25)14-6-4-5-7-15(14)19(26)27-3;/h4-9,12H,10-11H2,1-3H3;1H. The zero-order chi connectivity index (χ0) is 20.3. The van der Waals surface area contributed by atoms with Gasteiger partial charge in [0.1, 0.15) is 5.82 Å². The first-order valence-corrected chi connectivity index (χ1v) is 9.42. The normalized spacial score (nSPS) is 10.7. The second-order valence-electron chi connectivity index (χ2n) is 6.41. The third kappa shape index (κ3) is 5.09. The van der Waals surface area contributed by atoms with Crippen LogP contribution in [0.5, 0.6) is 0 Å². The number of likely N-dealkylation sites (N-methyl/N-ethyl adjacent to an activating group) is 1. The Kier molecular flexibility index (Phi) is 7.66. The number of methoxy groups -OCH3 is 1. The third-order valence-electron chi connectivity index (χ3n) is 4.15. The summed E-state index contributed by atoms with van der Waals surface area (Å²) in [7, 11) is 5.08. The molecule has 0 atom stereocenters. The lowest BCUT2D eigenvalue weighted by Gasteiger charge is -2.22. The minimum atomic E-state index is -0.581. The van der Waals surface area contributed by atoms with Crippen LogP contribution < -0.4 is 4.90 Å². The molecule has 6 nitrogen and oxygen atoms in total. The minimum absolute atomic E-state index is 0. The summed E-state index contributed by atoms with van der Waals surface area (Å²) >= 11 is 1.23. The third-order valence-corrected chi connectivity index (χ3v) is 5.19. The van der Waals surface area contributed by atoms with Crippen LogP contribution in [0.4, 0.5) is 9.52 Å². The molecule has 0 saturated carbocycles. The fraction of sp³-hybridized carbons (Fsp3) is 0.250. The Labute approximate surface area is 178 Å². The van der Waals surface area contributed by atoms with E-state index in [-0.39, 0.29) is 35.3 Å². The summed E-state index contributed by atoms with van der Waals surface area (Å²) in [6, 6.07) is 10.8. The molecule has 0 aliphatic heterocycles. The quantitative estimate of drug-likeness (QED) is 0.548. The summed E-state index contributed by atoms with van der Waals surface area (Å²) in [6.07, 6.45) is 0. The van der Waals surface area contributed by atoms with Crippen molar-refractivity contribution in [3.8, 4) is 0 Å². The molecule has 1 aromatic heterocycles. The highest BCUT2D eigenvalue weighted by Crippen LogP contribution is 2.30. The molecular weight excluding hydrogens is 417 g/mol. The van der Waals surface area contributed by atoms with E-state index in [1.165, 1.54) is 35.5 Å². The van der Waals surface area contributed by atoms with E-state index < -0.39 is 5.97 Å². The SMILES string of the molecule is COC(=O)c1ccccc1C(=O)N(CCN(C)C)c1nc2ccc(F)cc2s1.Cl. The van der Waals surface area contributed by atoms with Gasteiger partial charge in [-0.2, -0.15) is 0 Å². The Balaban J connectivity index is 0.00000300. The first-order chi connectivity index (χ1) is 13.4. The average Bonchev–Trinajstić information content (AvgIpc) is 3.09. The highest BCUT2D eigenvalue weighted by atomic mass is 35.5. The number of ether oxygens (including phenoxy) is 1. The molecule has 0 aliphatic rings. The number of halogens is 2. The molecule has 0 aliphatic carbocycles. The summed E-state index contributed by atoms with van der Waals surface area (Å²) in [4.78, 5) is 33.4. The number of fused-ring (bicyclic) bond motifs is 1. The molecule has 0 bridgehead atoms. The number of rotatable bonds is 6. The van der Waals surface area contributed by atoms with E-state index in [9.17, 15) is 14.0 Å². The summed E-state index contributed by atoms with van der Waals surface area (Å²) < 4.78 is 19.0. The largest absolute Gasteiger partial charge is 0.465 e. The van der Waals surface area contributed by atoms with Gasteiger partial charge in [-0.15, -0.1) is 12.4 Å². The second kappa shape index (κ2) is 9.78. The minimum Gasteiger partial charge on any atom is -0.465 e. The molecule has 2 aromatic carbocycles. The lowest BCUT2D eigenvalue weighted by atomic mass is 10.1. The van der Waals surface area contributed by atoms with Gasteiger partial charge in [0.15, 0.2) is 5.13 Å².